The molecule has 0 spiro atoms. The maximum absolute atomic E-state index is 12.7. The first-order chi connectivity index (χ1) is 12.7. The van der Waals surface area contributed by atoms with Crippen LogP contribution in [-0.2, 0) is 15.5 Å². The molecule has 5 heteroatoms. The summed E-state index contributed by atoms with van der Waals surface area (Å²) in [5.74, 6) is 0.806. The van der Waals surface area contributed by atoms with Crippen LogP contribution in [0.2, 0.25) is 0 Å². The zero-order valence-electron chi connectivity index (χ0n) is 17.2. The minimum atomic E-state index is -3.26. The summed E-state index contributed by atoms with van der Waals surface area (Å²) >= 11 is 0. The molecule has 4 nitrogen and oxygen atoms in total. The Hall–Kier alpha value is -1.51. The molecular weight excluding hydrogens is 359 g/mol. The Bertz CT molecular complexity index is 766. The van der Waals surface area contributed by atoms with E-state index in [0.717, 1.165) is 36.8 Å². The predicted octanol–water partition coefficient (Wildman–Crippen LogP) is 6.60. The molecular formula is C22H33O4P. The van der Waals surface area contributed by atoms with Crippen LogP contribution in [0.5, 0.6) is 11.5 Å². The molecule has 3 atom stereocenters. The monoisotopic (exact) mass is 392 g/mol. The number of hydrogen-bond donors (Lipinski definition) is 1. The lowest BCUT2D eigenvalue weighted by molar-refractivity contribution is 0.282. The second-order valence-corrected chi connectivity index (χ2v) is 9.57. The number of allylic oxidation sites excluding steroid dienone is 3. The van der Waals surface area contributed by atoms with E-state index >= 15 is 0 Å². The van der Waals surface area contributed by atoms with Crippen molar-refractivity contribution in [1.82, 2.24) is 0 Å². The highest BCUT2D eigenvalue weighted by Crippen LogP contribution is 2.52. The van der Waals surface area contributed by atoms with Crippen LogP contribution >= 0.6 is 7.60 Å². The largest absolute Gasteiger partial charge is 0.507 e. The summed E-state index contributed by atoms with van der Waals surface area (Å²) in [5.41, 5.74) is 4.01. The molecule has 0 saturated heterocycles. The van der Waals surface area contributed by atoms with Crippen LogP contribution in [0.1, 0.15) is 64.0 Å². The number of aromatic hydroxyl groups is 1. The topological polar surface area (TPSA) is 55.8 Å². The van der Waals surface area contributed by atoms with Crippen molar-refractivity contribution in [3.8, 4) is 11.5 Å². The fourth-order valence-corrected chi connectivity index (χ4v) is 4.89. The molecule has 0 amide bonds. The van der Waals surface area contributed by atoms with Gasteiger partial charge in [-0.05, 0) is 63.6 Å². The molecule has 0 aliphatic heterocycles. The molecule has 0 bridgehead atoms. The zero-order chi connectivity index (χ0) is 20.2. The lowest BCUT2D eigenvalue weighted by Gasteiger charge is -2.32. The third-order valence-corrected chi connectivity index (χ3v) is 6.32. The maximum atomic E-state index is 12.7. The van der Waals surface area contributed by atoms with Crippen LogP contribution in [0.15, 0.2) is 35.9 Å². The van der Waals surface area contributed by atoms with Crippen LogP contribution in [0.4, 0.5) is 0 Å². The lowest BCUT2D eigenvalue weighted by atomic mass is 9.73. The van der Waals surface area contributed by atoms with Crippen LogP contribution in [0, 0.1) is 5.92 Å². The van der Waals surface area contributed by atoms with Crippen molar-refractivity contribution >= 4 is 7.60 Å². The first-order valence-electron chi connectivity index (χ1n) is 9.78. The number of phenolic OH excluding ortho intramolecular Hbond substituents is 1. The predicted molar refractivity (Wildman–Crippen MR) is 112 cm³/mol. The number of hydrogen-bond acceptors (Lipinski definition) is 4. The molecule has 0 radical (unpaired) electrons. The highest BCUT2D eigenvalue weighted by atomic mass is 31.2. The molecule has 1 aromatic rings. The second-order valence-electron chi connectivity index (χ2n) is 7.59. The van der Waals surface area contributed by atoms with Gasteiger partial charge in [-0.2, -0.15) is 0 Å². The highest BCUT2D eigenvalue weighted by molar-refractivity contribution is 7.53. The van der Waals surface area contributed by atoms with Crippen molar-refractivity contribution in [3.05, 3.63) is 47.1 Å². The minimum absolute atomic E-state index is 0.0523. The van der Waals surface area contributed by atoms with E-state index in [0.29, 0.717) is 17.9 Å². The van der Waals surface area contributed by atoms with Gasteiger partial charge in [-0.1, -0.05) is 37.1 Å². The Morgan fingerprint density at radius 2 is 2.07 bits per heavy atom. The first kappa shape index (κ1) is 21.8. The molecule has 1 aliphatic rings. The summed E-state index contributed by atoms with van der Waals surface area (Å²) < 4.78 is 23.9. The fraction of sp³-hybridized carbons (Fsp3) is 0.545. The van der Waals surface area contributed by atoms with E-state index in [1.165, 1.54) is 12.2 Å². The van der Waals surface area contributed by atoms with Crippen molar-refractivity contribution in [2.45, 2.75) is 59.3 Å². The Morgan fingerprint density at radius 3 is 2.67 bits per heavy atom. The molecule has 1 aromatic carbocycles. The molecule has 2 rings (SSSR count). The van der Waals surface area contributed by atoms with Crippen molar-refractivity contribution < 1.29 is 18.7 Å². The van der Waals surface area contributed by atoms with Gasteiger partial charge in [-0.25, -0.2) is 4.57 Å². The van der Waals surface area contributed by atoms with E-state index < -0.39 is 7.60 Å². The molecule has 0 fully saturated rings. The number of aryl methyl sites for hydroxylation is 1. The summed E-state index contributed by atoms with van der Waals surface area (Å²) in [5, 5.41) is 10.9. The first-order valence-corrected chi connectivity index (χ1v) is 11.8. The molecule has 3 unspecified atom stereocenters. The Morgan fingerprint density at radius 1 is 1.37 bits per heavy atom. The Balaban J connectivity index is 2.60. The van der Waals surface area contributed by atoms with Gasteiger partial charge in [0.25, 0.3) is 0 Å². The average Bonchev–Trinajstić information content (AvgIpc) is 2.54. The van der Waals surface area contributed by atoms with Crippen molar-refractivity contribution in [2.75, 3.05) is 13.3 Å². The van der Waals surface area contributed by atoms with Gasteiger partial charge < -0.3 is 14.2 Å². The summed E-state index contributed by atoms with van der Waals surface area (Å²) in [6.07, 6.45) is 5.95. The Kier molecular flexibility index (Phi) is 7.36. The van der Waals surface area contributed by atoms with Crippen LogP contribution in [-0.4, -0.2) is 18.4 Å². The normalized spacial score (nSPS) is 22.0. The standard InChI is InChI=1S/C22H33O4P/c1-7-9-17-13-20(23)22(21(14-17)26-27(6,24)25-8-2)19-12-16(5)10-11-18(19)15(3)4/h12-14,18-19,23H,3,7-11H2,1-2,4-6H3. The van der Waals surface area contributed by atoms with Gasteiger partial charge in [0.1, 0.15) is 11.5 Å². The molecule has 150 valence electrons. The third-order valence-electron chi connectivity index (χ3n) is 5.06. The van der Waals surface area contributed by atoms with Crippen molar-refractivity contribution in [1.29, 1.82) is 0 Å². The SMILES string of the molecule is C=C(C)C1CCC(C)=CC1c1c(O)cc(CCC)cc1OP(C)(=O)OCC. The highest BCUT2D eigenvalue weighted by Gasteiger charge is 2.32. The van der Waals surface area contributed by atoms with Crippen LogP contribution in [0.3, 0.4) is 0 Å². The number of benzene rings is 1. The maximum Gasteiger partial charge on any atom is 0.376 e. The van der Waals surface area contributed by atoms with Crippen molar-refractivity contribution in [3.63, 3.8) is 0 Å². The summed E-state index contributed by atoms with van der Waals surface area (Å²) in [7, 11) is -3.26. The van der Waals surface area contributed by atoms with Gasteiger partial charge in [-0.15, -0.1) is 0 Å². The summed E-state index contributed by atoms with van der Waals surface area (Å²) in [6, 6.07) is 3.71. The smallest absolute Gasteiger partial charge is 0.376 e. The van der Waals surface area contributed by atoms with E-state index in [9.17, 15) is 9.67 Å². The third kappa shape index (κ3) is 5.49. The quantitative estimate of drug-likeness (QED) is 0.400. The zero-order valence-corrected chi connectivity index (χ0v) is 18.1. The van der Waals surface area contributed by atoms with Crippen LogP contribution < -0.4 is 4.52 Å². The van der Waals surface area contributed by atoms with Crippen molar-refractivity contribution in [2.24, 2.45) is 5.92 Å². The summed E-state index contributed by atoms with van der Waals surface area (Å²) in [6.45, 7) is 13.9. The van der Waals surface area contributed by atoms with Crippen LogP contribution in [0.25, 0.3) is 0 Å². The molecule has 0 heterocycles. The second kappa shape index (κ2) is 9.12. The van der Waals surface area contributed by atoms with E-state index in [4.69, 9.17) is 9.05 Å². The van der Waals surface area contributed by atoms with E-state index in [-0.39, 0.29) is 17.6 Å². The number of rotatable bonds is 8. The van der Waals surface area contributed by atoms with Gasteiger partial charge in [0.2, 0.25) is 0 Å². The minimum Gasteiger partial charge on any atom is -0.507 e. The fourth-order valence-electron chi connectivity index (χ4n) is 3.86. The van der Waals surface area contributed by atoms with Gasteiger partial charge in [0, 0.05) is 18.1 Å². The lowest BCUT2D eigenvalue weighted by Crippen LogP contribution is -2.18. The number of phenols is 1. The van der Waals surface area contributed by atoms with Gasteiger partial charge in [-0.3, -0.25) is 0 Å². The van der Waals surface area contributed by atoms with E-state index in [1.807, 2.05) is 13.0 Å². The molecule has 0 aromatic heterocycles. The van der Waals surface area contributed by atoms with Gasteiger partial charge >= 0.3 is 7.60 Å². The Labute approximate surface area is 163 Å². The van der Waals surface area contributed by atoms with Gasteiger partial charge in [0.15, 0.2) is 0 Å². The van der Waals surface area contributed by atoms with E-state index in [1.54, 1.807) is 13.0 Å². The average molecular weight is 392 g/mol. The molecule has 27 heavy (non-hydrogen) atoms. The van der Waals surface area contributed by atoms with E-state index in [2.05, 4.69) is 26.5 Å². The molecule has 1 aliphatic carbocycles. The summed E-state index contributed by atoms with van der Waals surface area (Å²) in [4.78, 5) is 0. The van der Waals surface area contributed by atoms with Gasteiger partial charge in [0.05, 0.1) is 6.61 Å². The molecule has 1 N–H and O–H groups in total. The molecule has 0 saturated carbocycles.